The van der Waals surface area contributed by atoms with E-state index in [4.69, 9.17) is 4.74 Å². The molecule has 1 saturated heterocycles. The highest BCUT2D eigenvalue weighted by molar-refractivity contribution is 8.00. The molecule has 0 saturated carbocycles. The van der Waals surface area contributed by atoms with E-state index in [0.29, 0.717) is 5.69 Å². The molecule has 8 heteroatoms. The Hall–Kier alpha value is -1.83. The van der Waals surface area contributed by atoms with Crippen molar-refractivity contribution in [1.29, 1.82) is 0 Å². The molecule has 1 amide bonds. The summed E-state index contributed by atoms with van der Waals surface area (Å²) >= 11 is 1.11. The fourth-order valence-electron chi connectivity index (χ4n) is 2.65. The van der Waals surface area contributed by atoms with Crippen molar-refractivity contribution in [2.75, 3.05) is 25.4 Å². The summed E-state index contributed by atoms with van der Waals surface area (Å²) in [5, 5.41) is 0.248. The van der Waals surface area contributed by atoms with E-state index in [9.17, 15) is 14.4 Å². The number of hydrogen-bond donors (Lipinski definition) is 1. The molecule has 24 heavy (non-hydrogen) atoms. The van der Waals surface area contributed by atoms with Gasteiger partial charge in [-0.3, -0.25) is 4.79 Å². The Balaban J connectivity index is 2.12. The van der Waals surface area contributed by atoms with Gasteiger partial charge < -0.3 is 14.6 Å². The topological polar surface area (TPSA) is 92.4 Å². The molecular weight excluding hydrogens is 330 g/mol. The Kier molecular flexibility index (Phi) is 6.84. The van der Waals surface area contributed by atoms with E-state index < -0.39 is 11.7 Å². The van der Waals surface area contributed by atoms with E-state index in [1.54, 1.807) is 13.8 Å². The second kappa shape index (κ2) is 8.86. The minimum absolute atomic E-state index is 0.0106. The van der Waals surface area contributed by atoms with Gasteiger partial charge in [0.15, 0.2) is 0 Å². The van der Waals surface area contributed by atoms with Crippen molar-refractivity contribution in [3.8, 4) is 0 Å². The lowest BCUT2D eigenvalue weighted by Crippen LogP contribution is -2.33. The first-order valence-corrected chi connectivity index (χ1v) is 9.20. The minimum Gasteiger partial charge on any atom is -0.462 e. The molecule has 7 nitrogen and oxygen atoms in total. The number of nitrogens with one attached hydrogen (secondary N) is 1. The summed E-state index contributed by atoms with van der Waals surface area (Å²) in [6.07, 6.45) is 4.34. The number of nitrogens with zero attached hydrogens (tertiary/aromatic N) is 2. The number of amides is 1. The second-order valence-electron chi connectivity index (χ2n) is 5.65. The SMILES string of the molecule is CCOC(=O)c1c(SCC(=O)N2CCCCCC2)nc(=O)[nH]c1C. The number of aromatic amines is 1. The van der Waals surface area contributed by atoms with Crippen molar-refractivity contribution >= 4 is 23.6 Å². The van der Waals surface area contributed by atoms with Gasteiger partial charge in [0, 0.05) is 18.8 Å². The van der Waals surface area contributed by atoms with Crippen LogP contribution in [-0.4, -0.2) is 52.2 Å². The summed E-state index contributed by atoms with van der Waals surface area (Å²) in [7, 11) is 0. The molecule has 1 aliphatic rings. The molecule has 0 bridgehead atoms. The third-order valence-electron chi connectivity index (χ3n) is 3.86. The first-order valence-electron chi connectivity index (χ1n) is 8.21. The number of H-pyrrole nitrogens is 1. The van der Waals surface area contributed by atoms with Gasteiger partial charge in [-0.1, -0.05) is 24.6 Å². The number of thioether (sulfide) groups is 1. The predicted molar refractivity (Wildman–Crippen MR) is 91.3 cm³/mol. The van der Waals surface area contributed by atoms with Crippen LogP contribution in [0.4, 0.5) is 0 Å². The molecular formula is C16H23N3O4S. The van der Waals surface area contributed by atoms with Crippen LogP contribution in [0.15, 0.2) is 9.82 Å². The predicted octanol–water partition coefficient (Wildman–Crippen LogP) is 1.75. The highest BCUT2D eigenvalue weighted by atomic mass is 32.2. The van der Waals surface area contributed by atoms with E-state index in [-0.39, 0.29) is 28.9 Å². The Labute approximate surface area is 145 Å². The number of ether oxygens (including phenoxy) is 1. The van der Waals surface area contributed by atoms with Crippen LogP contribution in [0.2, 0.25) is 0 Å². The fraction of sp³-hybridized carbons (Fsp3) is 0.625. The molecule has 0 aromatic carbocycles. The van der Waals surface area contributed by atoms with Crippen LogP contribution < -0.4 is 5.69 Å². The molecule has 0 unspecified atom stereocenters. The Morgan fingerprint density at radius 3 is 2.54 bits per heavy atom. The molecule has 1 aromatic heterocycles. The molecule has 1 aromatic rings. The van der Waals surface area contributed by atoms with E-state index in [0.717, 1.165) is 50.5 Å². The standard InChI is InChI=1S/C16H23N3O4S/c1-3-23-15(21)13-11(2)17-16(22)18-14(13)24-10-12(20)19-8-6-4-5-7-9-19/h3-10H2,1-2H3,(H,17,18,22). The third-order valence-corrected chi connectivity index (χ3v) is 4.82. The van der Waals surface area contributed by atoms with Gasteiger partial charge >= 0.3 is 11.7 Å². The molecule has 0 aliphatic carbocycles. The number of esters is 1. The average Bonchev–Trinajstić information content (AvgIpc) is 2.81. The smallest absolute Gasteiger partial charge is 0.346 e. The van der Waals surface area contributed by atoms with Crippen molar-refractivity contribution in [3.05, 3.63) is 21.7 Å². The minimum atomic E-state index is -0.538. The zero-order chi connectivity index (χ0) is 17.5. The van der Waals surface area contributed by atoms with Crippen molar-refractivity contribution < 1.29 is 14.3 Å². The van der Waals surface area contributed by atoms with Crippen LogP contribution in [0.1, 0.15) is 48.7 Å². The maximum absolute atomic E-state index is 12.4. The van der Waals surface area contributed by atoms with E-state index >= 15 is 0 Å². The number of carbonyl (C=O) groups excluding carboxylic acids is 2. The van der Waals surface area contributed by atoms with Gasteiger partial charge in [0.05, 0.1) is 12.4 Å². The number of hydrogen-bond acceptors (Lipinski definition) is 6. The summed E-state index contributed by atoms with van der Waals surface area (Å²) in [5.74, 6) is -0.373. The van der Waals surface area contributed by atoms with E-state index in [1.807, 2.05) is 4.90 Å². The first-order chi connectivity index (χ1) is 11.5. The van der Waals surface area contributed by atoms with E-state index in [2.05, 4.69) is 9.97 Å². The van der Waals surface area contributed by atoms with Crippen molar-refractivity contribution in [1.82, 2.24) is 14.9 Å². The Bertz CT molecular complexity index is 651. The monoisotopic (exact) mass is 353 g/mol. The molecule has 1 fully saturated rings. The van der Waals surface area contributed by atoms with Crippen LogP contribution >= 0.6 is 11.8 Å². The maximum atomic E-state index is 12.4. The molecule has 2 heterocycles. The molecule has 1 N–H and O–H groups in total. The van der Waals surface area contributed by atoms with Crippen LogP contribution in [0, 0.1) is 6.92 Å². The van der Waals surface area contributed by atoms with Crippen LogP contribution in [0.25, 0.3) is 0 Å². The van der Waals surface area contributed by atoms with Crippen LogP contribution in [0.5, 0.6) is 0 Å². The fourth-order valence-corrected chi connectivity index (χ4v) is 3.62. The van der Waals surface area contributed by atoms with Gasteiger partial charge in [-0.15, -0.1) is 0 Å². The molecule has 0 spiro atoms. The van der Waals surface area contributed by atoms with Crippen molar-refractivity contribution in [2.24, 2.45) is 0 Å². The lowest BCUT2D eigenvalue weighted by molar-refractivity contribution is -0.128. The Morgan fingerprint density at radius 2 is 1.92 bits per heavy atom. The van der Waals surface area contributed by atoms with Gasteiger partial charge in [0.25, 0.3) is 0 Å². The molecule has 0 atom stereocenters. The highest BCUT2D eigenvalue weighted by Gasteiger charge is 2.21. The van der Waals surface area contributed by atoms with Crippen LogP contribution in [-0.2, 0) is 9.53 Å². The second-order valence-corrected chi connectivity index (χ2v) is 6.62. The highest BCUT2D eigenvalue weighted by Crippen LogP contribution is 2.22. The number of carbonyl (C=O) groups is 2. The van der Waals surface area contributed by atoms with Gasteiger partial charge in [0.2, 0.25) is 5.91 Å². The average molecular weight is 353 g/mol. The number of aromatic nitrogens is 2. The summed E-state index contributed by atoms with van der Waals surface area (Å²) in [5.41, 5.74) is 0.0913. The lowest BCUT2D eigenvalue weighted by Gasteiger charge is -2.20. The van der Waals surface area contributed by atoms with Gasteiger partial charge in [0.1, 0.15) is 10.6 Å². The number of aryl methyl sites for hydroxylation is 1. The van der Waals surface area contributed by atoms with Crippen molar-refractivity contribution in [3.63, 3.8) is 0 Å². The third kappa shape index (κ3) is 4.83. The molecule has 132 valence electrons. The Morgan fingerprint density at radius 1 is 1.25 bits per heavy atom. The zero-order valence-electron chi connectivity index (χ0n) is 14.1. The van der Waals surface area contributed by atoms with E-state index in [1.165, 1.54) is 0 Å². The number of likely N-dealkylation sites (tertiary alicyclic amines) is 1. The summed E-state index contributed by atoms with van der Waals surface area (Å²) < 4.78 is 5.02. The largest absolute Gasteiger partial charge is 0.462 e. The first kappa shape index (κ1) is 18.5. The summed E-state index contributed by atoms with van der Waals surface area (Å²) in [6, 6.07) is 0. The van der Waals surface area contributed by atoms with Crippen LogP contribution in [0.3, 0.4) is 0 Å². The lowest BCUT2D eigenvalue weighted by atomic mass is 10.2. The van der Waals surface area contributed by atoms with Gasteiger partial charge in [-0.2, -0.15) is 4.98 Å². The molecule has 2 rings (SSSR count). The van der Waals surface area contributed by atoms with Crippen molar-refractivity contribution in [2.45, 2.75) is 44.6 Å². The quantitative estimate of drug-likeness (QED) is 0.492. The summed E-state index contributed by atoms with van der Waals surface area (Å²) in [4.78, 5) is 44.3. The number of rotatable bonds is 5. The summed E-state index contributed by atoms with van der Waals surface area (Å²) in [6.45, 7) is 5.10. The zero-order valence-corrected chi connectivity index (χ0v) is 14.9. The van der Waals surface area contributed by atoms with Gasteiger partial charge in [-0.25, -0.2) is 9.59 Å². The molecule has 1 aliphatic heterocycles. The normalized spacial score (nSPS) is 15.0. The maximum Gasteiger partial charge on any atom is 0.346 e. The molecule has 0 radical (unpaired) electrons. The van der Waals surface area contributed by atoms with Gasteiger partial charge in [-0.05, 0) is 26.7 Å².